The topological polar surface area (TPSA) is 32.3 Å². The Morgan fingerprint density at radius 1 is 1.27 bits per heavy atom. The van der Waals surface area contributed by atoms with Gasteiger partial charge in [-0.2, -0.15) is 0 Å². The van der Waals surface area contributed by atoms with E-state index in [1.807, 2.05) is 0 Å². The maximum absolute atomic E-state index is 12.4. The van der Waals surface area contributed by atoms with Crippen molar-refractivity contribution >= 4 is 5.91 Å². The highest BCUT2D eigenvalue weighted by Gasteiger charge is 2.56. The van der Waals surface area contributed by atoms with Crippen LogP contribution in [0, 0.1) is 5.41 Å². The van der Waals surface area contributed by atoms with Crippen LogP contribution in [0.2, 0.25) is 0 Å². The second-order valence-electron chi connectivity index (χ2n) is 5.77. The van der Waals surface area contributed by atoms with Crippen molar-refractivity contribution in [2.45, 2.75) is 44.6 Å². The van der Waals surface area contributed by atoms with Gasteiger partial charge in [0.1, 0.15) is 0 Å². The molecule has 3 rings (SSSR count). The predicted octanol–water partition coefficient (Wildman–Crippen LogP) is 1.14. The van der Waals surface area contributed by atoms with E-state index in [9.17, 15) is 4.79 Å². The Bertz CT molecular complexity index is 292. The van der Waals surface area contributed by atoms with Crippen LogP contribution in [0.3, 0.4) is 0 Å². The predicted molar refractivity (Wildman–Crippen MR) is 58.5 cm³/mol. The molecule has 0 bridgehead atoms. The highest BCUT2D eigenvalue weighted by molar-refractivity contribution is 5.86. The van der Waals surface area contributed by atoms with E-state index in [-0.39, 0.29) is 11.0 Å². The van der Waals surface area contributed by atoms with E-state index >= 15 is 0 Å². The molecule has 3 heteroatoms. The molecule has 84 valence electrons. The molecular weight excluding hydrogens is 188 g/mol. The van der Waals surface area contributed by atoms with E-state index in [2.05, 4.69) is 17.1 Å². The van der Waals surface area contributed by atoms with Gasteiger partial charge >= 0.3 is 0 Å². The van der Waals surface area contributed by atoms with Crippen molar-refractivity contribution in [3.05, 3.63) is 0 Å². The van der Waals surface area contributed by atoms with Gasteiger partial charge in [0, 0.05) is 18.5 Å². The third-order valence-electron chi connectivity index (χ3n) is 4.35. The fourth-order valence-electron chi connectivity index (χ4n) is 2.65. The van der Waals surface area contributed by atoms with Crippen LogP contribution in [0.5, 0.6) is 0 Å². The SMILES string of the molecule is CC1(C(=O)N2CCCNCC23CC3)CC1. The first-order valence-electron chi connectivity index (χ1n) is 6.19. The lowest BCUT2D eigenvalue weighted by Crippen LogP contribution is -2.48. The molecule has 2 saturated carbocycles. The Kier molecular flexibility index (Phi) is 1.91. The second-order valence-corrected chi connectivity index (χ2v) is 5.77. The van der Waals surface area contributed by atoms with Crippen molar-refractivity contribution in [2.24, 2.45) is 5.41 Å². The van der Waals surface area contributed by atoms with Gasteiger partial charge in [-0.15, -0.1) is 0 Å². The molecule has 1 amide bonds. The summed E-state index contributed by atoms with van der Waals surface area (Å²) in [6.45, 7) is 5.20. The van der Waals surface area contributed by atoms with E-state index in [0.717, 1.165) is 38.9 Å². The van der Waals surface area contributed by atoms with Crippen molar-refractivity contribution in [1.29, 1.82) is 0 Å². The molecular formula is C12H20N2O. The van der Waals surface area contributed by atoms with Crippen LogP contribution in [0.25, 0.3) is 0 Å². The van der Waals surface area contributed by atoms with Gasteiger partial charge in [-0.05, 0) is 38.6 Å². The highest BCUT2D eigenvalue weighted by Crippen LogP contribution is 2.51. The molecule has 2 aliphatic carbocycles. The molecule has 3 nitrogen and oxygen atoms in total. The Morgan fingerprint density at radius 3 is 2.60 bits per heavy atom. The number of carbonyl (C=O) groups is 1. The van der Waals surface area contributed by atoms with Crippen LogP contribution in [0.15, 0.2) is 0 Å². The van der Waals surface area contributed by atoms with Gasteiger partial charge in [-0.1, -0.05) is 6.92 Å². The molecule has 1 aliphatic heterocycles. The van der Waals surface area contributed by atoms with Crippen molar-refractivity contribution < 1.29 is 4.79 Å². The van der Waals surface area contributed by atoms with Crippen molar-refractivity contribution in [1.82, 2.24) is 10.2 Å². The van der Waals surface area contributed by atoms with Gasteiger partial charge in [0.25, 0.3) is 0 Å². The first-order valence-corrected chi connectivity index (χ1v) is 6.19. The number of hydrogen-bond donors (Lipinski definition) is 1. The Labute approximate surface area is 91.2 Å². The fourth-order valence-corrected chi connectivity index (χ4v) is 2.65. The van der Waals surface area contributed by atoms with Crippen LogP contribution in [0.4, 0.5) is 0 Å². The van der Waals surface area contributed by atoms with Gasteiger partial charge < -0.3 is 10.2 Å². The summed E-state index contributed by atoms with van der Waals surface area (Å²) < 4.78 is 0. The molecule has 0 aromatic heterocycles. The minimum Gasteiger partial charge on any atom is -0.335 e. The van der Waals surface area contributed by atoms with Crippen LogP contribution >= 0.6 is 0 Å². The zero-order valence-corrected chi connectivity index (χ0v) is 9.51. The third-order valence-corrected chi connectivity index (χ3v) is 4.35. The van der Waals surface area contributed by atoms with Gasteiger partial charge in [0.2, 0.25) is 5.91 Å². The summed E-state index contributed by atoms with van der Waals surface area (Å²) in [5, 5.41) is 3.46. The molecule has 0 atom stereocenters. The molecule has 1 spiro atoms. The lowest BCUT2D eigenvalue weighted by molar-refractivity contribution is -0.139. The van der Waals surface area contributed by atoms with Crippen LogP contribution in [-0.2, 0) is 4.79 Å². The molecule has 0 unspecified atom stereocenters. The van der Waals surface area contributed by atoms with Crippen LogP contribution in [-0.4, -0.2) is 36.0 Å². The maximum Gasteiger partial charge on any atom is 0.229 e. The maximum atomic E-state index is 12.4. The van der Waals surface area contributed by atoms with Crippen molar-refractivity contribution in [3.63, 3.8) is 0 Å². The van der Waals surface area contributed by atoms with Gasteiger partial charge in [0.15, 0.2) is 0 Å². The van der Waals surface area contributed by atoms with Crippen molar-refractivity contribution in [2.75, 3.05) is 19.6 Å². The number of rotatable bonds is 1. The average molecular weight is 208 g/mol. The molecule has 0 radical (unpaired) electrons. The highest BCUT2D eigenvalue weighted by atomic mass is 16.2. The summed E-state index contributed by atoms with van der Waals surface area (Å²) in [5.41, 5.74) is 0.235. The summed E-state index contributed by atoms with van der Waals surface area (Å²) in [6, 6.07) is 0. The monoisotopic (exact) mass is 208 g/mol. The largest absolute Gasteiger partial charge is 0.335 e. The smallest absolute Gasteiger partial charge is 0.229 e. The quantitative estimate of drug-likeness (QED) is 0.701. The first-order chi connectivity index (χ1) is 7.16. The summed E-state index contributed by atoms with van der Waals surface area (Å²) in [6.07, 6.45) is 5.74. The lowest BCUT2D eigenvalue weighted by Gasteiger charge is -2.32. The minimum atomic E-state index is 0.0138. The van der Waals surface area contributed by atoms with Crippen LogP contribution in [0.1, 0.15) is 39.0 Å². The van der Waals surface area contributed by atoms with Gasteiger partial charge in [-0.25, -0.2) is 0 Å². The van der Waals surface area contributed by atoms with E-state index in [0.29, 0.717) is 5.91 Å². The van der Waals surface area contributed by atoms with E-state index in [1.165, 1.54) is 12.8 Å². The standard InChI is InChI=1S/C12H20N2O/c1-11(3-4-11)10(15)14-8-2-7-13-9-12(14)5-6-12/h13H,2-9H2,1H3. The number of hydrogen-bond acceptors (Lipinski definition) is 2. The van der Waals surface area contributed by atoms with Gasteiger partial charge in [0.05, 0.1) is 5.54 Å². The van der Waals surface area contributed by atoms with Crippen molar-refractivity contribution in [3.8, 4) is 0 Å². The molecule has 0 aromatic rings. The number of nitrogens with one attached hydrogen (secondary N) is 1. The summed E-state index contributed by atoms with van der Waals surface area (Å²) in [7, 11) is 0. The van der Waals surface area contributed by atoms with Crippen LogP contribution < -0.4 is 5.32 Å². The fraction of sp³-hybridized carbons (Fsp3) is 0.917. The zero-order valence-electron chi connectivity index (χ0n) is 9.51. The van der Waals surface area contributed by atoms with E-state index in [4.69, 9.17) is 0 Å². The van der Waals surface area contributed by atoms with E-state index in [1.54, 1.807) is 0 Å². The molecule has 1 N–H and O–H groups in total. The molecule has 1 heterocycles. The molecule has 3 aliphatic rings. The first kappa shape index (κ1) is 9.64. The lowest BCUT2D eigenvalue weighted by atomic mass is 10.1. The number of nitrogens with zero attached hydrogens (tertiary/aromatic N) is 1. The third kappa shape index (κ3) is 1.48. The summed E-state index contributed by atoms with van der Waals surface area (Å²) in [5.74, 6) is 0.434. The second kappa shape index (κ2) is 2.97. The Balaban J connectivity index is 1.80. The number of amides is 1. The molecule has 3 fully saturated rings. The Hall–Kier alpha value is -0.570. The summed E-state index contributed by atoms with van der Waals surface area (Å²) in [4.78, 5) is 14.6. The normalized spacial score (nSPS) is 31.1. The zero-order chi connectivity index (χ0) is 10.5. The summed E-state index contributed by atoms with van der Waals surface area (Å²) >= 11 is 0. The Morgan fingerprint density at radius 2 is 2.00 bits per heavy atom. The minimum absolute atomic E-state index is 0.0138. The van der Waals surface area contributed by atoms with Gasteiger partial charge in [-0.3, -0.25) is 4.79 Å². The average Bonchev–Trinajstić information content (AvgIpc) is 3.09. The number of carbonyl (C=O) groups excluding carboxylic acids is 1. The molecule has 15 heavy (non-hydrogen) atoms. The molecule has 0 aromatic carbocycles. The van der Waals surface area contributed by atoms with E-state index < -0.39 is 0 Å². The molecule has 1 saturated heterocycles.